The van der Waals surface area contributed by atoms with Crippen molar-refractivity contribution in [2.45, 2.75) is 51.2 Å². The Bertz CT molecular complexity index is 260. The van der Waals surface area contributed by atoms with Gasteiger partial charge in [-0.25, -0.2) is 0 Å². The molecule has 7 nitrogen and oxygen atoms in total. The summed E-state index contributed by atoms with van der Waals surface area (Å²) in [5.74, 6) is -1.03. The minimum atomic E-state index is -1.52. The largest absolute Gasteiger partial charge is 0.480 e. The Morgan fingerprint density at radius 2 is 1.61 bits per heavy atom. The van der Waals surface area contributed by atoms with Gasteiger partial charge >= 0.3 is 5.97 Å². The highest BCUT2D eigenvalue weighted by Crippen LogP contribution is 2.10. The van der Waals surface area contributed by atoms with Gasteiger partial charge in [-0.05, 0) is 20.8 Å². The van der Waals surface area contributed by atoms with Crippen molar-refractivity contribution in [2.75, 3.05) is 13.2 Å². The normalized spacial score (nSPS) is 18.7. The molecule has 0 spiro atoms. The zero-order valence-electron chi connectivity index (χ0n) is 10.9. The van der Waals surface area contributed by atoms with E-state index in [2.05, 4.69) is 0 Å². The molecule has 0 aliphatic rings. The molecule has 108 valence electrons. The van der Waals surface area contributed by atoms with Crippen molar-refractivity contribution in [3.63, 3.8) is 0 Å². The van der Waals surface area contributed by atoms with Gasteiger partial charge in [0, 0.05) is 12.6 Å². The van der Waals surface area contributed by atoms with Crippen molar-refractivity contribution in [1.82, 2.24) is 4.90 Å². The zero-order valence-corrected chi connectivity index (χ0v) is 10.9. The van der Waals surface area contributed by atoms with Crippen molar-refractivity contribution < 1.29 is 30.3 Å². The van der Waals surface area contributed by atoms with E-state index in [1.807, 2.05) is 0 Å². The fourth-order valence-electron chi connectivity index (χ4n) is 1.65. The standard InChI is InChI=1S/C11H23NO6/c1-6(2)12(7(3)11(17)18)4-8(14)10(16)9(15)5-13/h6-10,13-16H,4-5H2,1-3H3,(H,17,18). The minimum absolute atomic E-state index is 0.108. The number of rotatable bonds is 8. The van der Waals surface area contributed by atoms with Crippen molar-refractivity contribution in [2.24, 2.45) is 0 Å². The summed E-state index contributed by atoms with van der Waals surface area (Å²) in [5.41, 5.74) is 0. The molecule has 0 radical (unpaired) electrons. The zero-order chi connectivity index (χ0) is 14.5. The summed E-state index contributed by atoms with van der Waals surface area (Å²) in [6, 6.07) is -0.970. The molecule has 18 heavy (non-hydrogen) atoms. The minimum Gasteiger partial charge on any atom is -0.480 e. The number of hydrogen-bond donors (Lipinski definition) is 5. The molecular weight excluding hydrogens is 242 g/mol. The lowest BCUT2D eigenvalue weighted by atomic mass is 10.1. The summed E-state index contributed by atoms with van der Waals surface area (Å²) >= 11 is 0. The van der Waals surface area contributed by atoms with E-state index < -0.39 is 36.9 Å². The summed E-state index contributed by atoms with van der Waals surface area (Å²) < 4.78 is 0. The molecule has 0 aliphatic heterocycles. The first-order valence-corrected chi connectivity index (χ1v) is 5.86. The van der Waals surface area contributed by atoms with Crippen LogP contribution in [0, 0.1) is 0 Å². The smallest absolute Gasteiger partial charge is 0.320 e. The predicted molar refractivity (Wildman–Crippen MR) is 64.0 cm³/mol. The Kier molecular flexibility index (Phi) is 7.34. The van der Waals surface area contributed by atoms with Crippen LogP contribution in [0.2, 0.25) is 0 Å². The highest BCUT2D eigenvalue weighted by molar-refractivity contribution is 5.72. The van der Waals surface area contributed by atoms with E-state index in [0.29, 0.717) is 0 Å². The number of nitrogens with zero attached hydrogens (tertiary/aromatic N) is 1. The lowest BCUT2D eigenvalue weighted by Gasteiger charge is -2.33. The molecule has 0 aliphatic carbocycles. The summed E-state index contributed by atoms with van der Waals surface area (Å²) in [6.07, 6.45) is -4.30. The first kappa shape index (κ1) is 17.3. The predicted octanol–water partition coefficient (Wildman–Crippen LogP) is -1.76. The SMILES string of the molecule is CC(C)N(CC(O)C(O)C(O)CO)C(C)C(=O)O. The molecule has 0 aromatic carbocycles. The average Bonchev–Trinajstić information content (AvgIpc) is 2.32. The van der Waals surface area contributed by atoms with E-state index in [9.17, 15) is 20.1 Å². The molecule has 4 atom stereocenters. The van der Waals surface area contributed by atoms with Gasteiger partial charge in [0.1, 0.15) is 18.2 Å². The van der Waals surface area contributed by atoms with Crippen LogP contribution in [0.4, 0.5) is 0 Å². The van der Waals surface area contributed by atoms with Crippen LogP contribution in [0.3, 0.4) is 0 Å². The van der Waals surface area contributed by atoms with Gasteiger partial charge in [0.05, 0.1) is 12.7 Å². The maximum atomic E-state index is 10.9. The van der Waals surface area contributed by atoms with Gasteiger partial charge in [0.25, 0.3) is 0 Å². The van der Waals surface area contributed by atoms with Crippen LogP contribution in [0.15, 0.2) is 0 Å². The number of carbonyl (C=O) groups is 1. The summed E-state index contributed by atoms with van der Waals surface area (Å²) in [7, 11) is 0. The van der Waals surface area contributed by atoms with Crippen LogP contribution in [0.5, 0.6) is 0 Å². The van der Waals surface area contributed by atoms with Crippen LogP contribution in [-0.4, -0.2) is 79.9 Å². The van der Waals surface area contributed by atoms with Crippen LogP contribution < -0.4 is 0 Å². The average molecular weight is 265 g/mol. The summed E-state index contributed by atoms with van der Waals surface area (Å²) in [5, 5.41) is 46.0. The molecule has 0 aromatic heterocycles. The number of aliphatic hydroxyl groups excluding tert-OH is 4. The Morgan fingerprint density at radius 3 is 1.94 bits per heavy atom. The molecule has 0 aromatic rings. The second-order valence-electron chi connectivity index (χ2n) is 4.61. The maximum Gasteiger partial charge on any atom is 0.320 e. The molecule has 0 bridgehead atoms. The lowest BCUT2D eigenvalue weighted by molar-refractivity contribution is -0.145. The second-order valence-corrected chi connectivity index (χ2v) is 4.61. The molecule has 7 heteroatoms. The summed E-state index contributed by atoms with van der Waals surface area (Å²) in [6.45, 7) is 4.23. The third kappa shape index (κ3) is 4.87. The number of carboxylic acids is 1. The Hall–Kier alpha value is -0.730. The molecular formula is C11H23NO6. The topological polar surface area (TPSA) is 121 Å². The van der Waals surface area contributed by atoms with E-state index in [4.69, 9.17) is 10.2 Å². The lowest BCUT2D eigenvalue weighted by Crippen LogP contribution is -2.51. The molecule has 0 fully saturated rings. The molecule has 4 unspecified atom stereocenters. The number of aliphatic hydroxyl groups is 4. The fourth-order valence-corrected chi connectivity index (χ4v) is 1.65. The first-order valence-electron chi connectivity index (χ1n) is 5.86. The quantitative estimate of drug-likeness (QED) is 0.352. The third-order valence-electron chi connectivity index (χ3n) is 2.89. The van der Waals surface area contributed by atoms with Gasteiger partial charge in [0.2, 0.25) is 0 Å². The highest BCUT2D eigenvalue weighted by atomic mass is 16.4. The van der Waals surface area contributed by atoms with Gasteiger partial charge < -0.3 is 25.5 Å². The van der Waals surface area contributed by atoms with E-state index >= 15 is 0 Å². The molecule has 0 amide bonds. The van der Waals surface area contributed by atoms with Crippen molar-refractivity contribution >= 4 is 5.97 Å². The first-order chi connectivity index (χ1) is 8.22. The van der Waals surface area contributed by atoms with Gasteiger partial charge in [-0.1, -0.05) is 0 Å². The maximum absolute atomic E-state index is 10.9. The van der Waals surface area contributed by atoms with Crippen LogP contribution in [0.25, 0.3) is 0 Å². The van der Waals surface area contributed by atoms with Gasteiger partial charge in [-0.15, -0.1) is 0 Å². The Balaban J connectivity index is 4.64. The van der Waals surface area contributed by atoms with Crippen molar-refractivity contribution in [3.05, 3.63) is 0 Å². The van der Waals surface area contributed by atoms with E-state index in [0.717, 1.165) is 0 Å². The monoisotopic (exact) mass is 265 g/mol. The number of aliphatic carboxylic acids is 1. The Labute approximate surface area is 106 Å². The van der Waals surface area contributed by atoms with Crippen LogP contribution in [-0.2, 0) is 4.79 Å². The van der Waals surface area contributed by atoms with Crippen LogP contribution in [0.1, 0.15) is 20.8 Å². The molecule has 0 rings (SSSR count). The molecule has 0 saturated carbocycles. The molecule has 0 heterocycles. The number of carboxylic acid groups (broad SMARTS) is 1. The molecule has 0 saturated heterocycles. The fraction of sp³-hybridized carbons (Fsp3) is 0.909. The number of hydrogen-bond acceptors (Lipinski definition) is 6. The van der Waals surface area contributed by atoms with Crippen molar-refractivity contribution in [3.8, 4) is 0 Å². The van der Waals surface area contributed by atoms with Gasteiger partial charge in [0.15, 0.2) is 0 Å². The Morgan fingerprint density at radius 1 is 1.11 bits per heavy atom. The van der Waals surface area contributed by atoms with Gasteiger partial charge in [-0.2, -0.15) is 0 Å². The van der Waals surface area contributed by atoms with E-state index in [1.165, 1.54) is 11.8 Å². The van der Waals surface area contributed by atoms with E-state index in [-0.39, 0.29) is 12.6 Å². The third-order valence-corrected chi connectivity index (χ3v) is 2.89. The van der Waals surface area contributed by atoms with Crippen LogP contribution >= 0.6 is 0 Å². The second kappa shape index (κ2) is 7.65. The highest BCUT2D eigenvalue weighted by Gasteiger charge is 2.30. The summed E-state index contributed by atoms with van der Waals surface area (Å²) in [4.78, 5) is 12.4. The van der Waals surface area contributed by atoms with Gasteiger partial charge in [-0.3, -0.25) is 9.69 Å². The van der Waals surface area contributed by atoms with E-state index in [1.54, 1.807) is 13.8 Å². The van der Waals surface area contributed by atoms with Crippen molar-refractivity contribution in [1.29, 1.82) is 0 Å². The molecule has 5 N–H and O–H groups in total.